The molecule has 9 rings (SSSR count). The van der Waals surface area contributed by atoms with Gasteiger partial charge in [0.2, 0.25) is 0 Å². The predicted octanol–water partition coefficient (Wildman–Crippen LogP) is 15.4. The zero-order valence-corrected chi connectivity index (χ0v) is 56.0. The molecule has 0 amide bonds. The Morgan fingerprint density at radius 3 is 0.667 bits per heavy atom. The van der Waals surface area contributed by atoms with Gasteiger partial charge >= 0.3 is 23.9 Å². The fourth-order valence-electron chi connectivity index (χ4n) is 14.0. The lowest BCUT2D eigenvalue weighted by Gasteiger charge is -2.50. The molecule has 4 saturated heterocycles. The Balaban J connectivity index is 1.11. The fraction of sp³-hybridized carbons (Fsp3) is 0.541. The smallest absolute Gasteiger partial charge is 0.339 e. The lowest BCUT2D eigenvalue weighted by Crippen LogP contribution is -2.60. The van der Waals surface area contributed by atoms with E-state index < -0.39 is 70.4 Å². The average Bonchev–Trinajstić information content (AvgIpc) is 0.952. The van der Waals surface area contributed by atoms with Gasteiger partial charge in [-0.25, -0.2) is 19.2 Å². The van der Waals surface area contributed by atoms with Gasteiger partial charge in [-0.15, -0.1) is 20.3 Å². The van der Waals surface area contributed by atoms with Gasteiger partial charge in [0, 0.05) is 51.4 Å². The summed E-state index contributed by atoms with van der Waals surface area (Å²) in [5.74, 6) is -0.423. The van der Waals surface area contributed by atoms with Crippen LogP contribution in [-0.4, -0.2) is 115 Å². The van der Waals surface area contributed by atoms with E-state index in [9.17, 15) is 0 Å². The number of carbonyl (C=O) groups excluding carboxylic acids is 4. The number of hydrogen-bond acceptors (Lipinski definition) is 16. The van der Waals surface area contributed by atoms with Gasteiger partial charge in [-0.05, 0) is 140 Å². The van der Waals surface area contributed by atoms with Crippen molar-refractivity contribution in [3.8, 4) is 23.0 Å². The maximum Gasteiger partial charge on any atom is 0.339 e. The van der Waals surface area contributed by atoms with Crippen molar-refractivity contribution in [3.63, 3.8) is 0 Å². The molecule has 5 aromatic carbocycles. The van der Waals surface area contributed by atoms with Gasteiger partial charge in [0.1, 0.15) is 47.4 Å². The van der Waals surface area contributed by atoms with Gasteiger partial charge in [-0.2, -0.15) is 0 Å². The number of ether oxygens (including phenoxy) is 4. The zero-order chi connectivity index (χ0) is 65.0. The molecular formula is C74H98N4O12. The normalized spacial score (nSPS) is 25.3. The van der Waals surface area contributed by atoms with Crippen LogP contribution in [0.2, 0.25) is 0 Å². The van der Waals surface area contributed by atoms with E-state index in [4.69, 9.17) is 38.3 Å². The summed E-state index contributed by atoms with van der Waals surface area (Å²) in [6.45, 7) is 33.3. The van der Waals surface area contributed by atoms with E-state index in [1.165, 1.54) is 12.1 Å². The molecule has 0 saturated carbocycles. The highest BCUT2D eigenvalue weighted by Gasteiger charge is 2.51. The van der Waals surface area contributed by atoms with Crippen molar-refractivity contribution in [2.24, 2.45) is 23.7 Å². The van der Waals surface area contributed by atoms with Crippen LogP contribution < -0.4 is 19.4 Å². The molecule has 486 valence electrons. The molecule has 0 bridgehead atoms. The summed E-state index contributed by atoms with van der Waals surface area (Å²) < 4.78 is 26.5. The number of hydroxylamine groups is 8. The Bertz CT molecular complexity index is 2800. The van der Waals surface area contributed by atoms with E-state index in [0.717, 1.165) is 0 Å². The highest BCUT2D eigenvalue weighted by Crippen LogP contribution is 2.43. The van der Waals surface area contributed by atoms with Crippen molar-refractivity contribution in [2.45, 2.75) is 233 Å². The van der Waals surface area contributed by atoms with Crippen LogP contribution in [-0.2, 0) is 18.9 Å². The maximum atomic E-state index is 15.5. The molecule has 8 unspecified atom stereocenters. The van der Waals surface area contributed by atoms with Crippen LogP contribution in [0.25, 0.3) is 0 Å². The summed E-state index contributed by atoms with van der Waals surface area (Å²) in [6, 6.07) is 40.2. The SMILES string of the molecule is CC(C)C1CC(OC(=O)c2cc(C(=O)OC3CC(C(C)C)N(Oc4ccccc4)C(C)(C)C3)c(C(=O)OC3CC(C(C)C)N(Oc4ccccc4)C(C)(C)C3)cc2C(=O)OC2CC(C(C)C)N(Oc3ccccc3)C(C)(C)C2)CC(C)(C)N1Oc1ccccc1. The van der Waals surface area contributed by atoms with E-state index >= 15 is 19.2 Å². The van der Waals surface area contributed by atoms with Crippen LogP contribution >= 0.6 is 0 Å². The first-order valence-electron chi connectivity index (χ1n) is 32.6. The number of hydrogen-bond donors (Lipinski definition) is 0. The first-order chi connectivity index (χ1) is 42.5. The Labute approximate surface area is 534 Å². The van der Waals surface area contributed by atoms with Gasteiger partial charge in [0.05, 0.1) is 68.6 Å². The minimum absolute atomic E-state index is 0.0668. The van der Waals surface area contributed by atoms with Crippen molar-refractivity contribution in [3.05, 3.63) is 156 Å². The average molecular weight is 1240 g/mol. The lowest BCUT2D eigenvalue weighted by molar-refractivity contribution is -0.212. The summed E-state index contributed by atoms with van der Waals surface area (Å²) in [5, 5.41) is 8.02. The second-order valence-electron chi connectivity index (χ2n) is 29.2. The minimum atomic E-state index is -0.859. The van der Waals surface area contributed by atoms with Gasteiger partial charge in [0.15, 0.2) is 0 Å². The number of rotatable bonds is 20. The summed E-state index contributed by atoms with van der Waals surface area (Å²) in [6.07, 6.45) is 0.428. The van der Waals surface area contributed by atoms with Crippen LogP contribution in [0.4, 0.5) is 0 Å². The number of esters is 4. The summed E-state index contributed by atoms with van der Waals surface area (Å²) in [5.41, 5.74) is -3.55. The maximum absolute atomic E-state index is 15.5. The standard InChI is InChI=1S/C74H98N4O12/c1-47(2)63-37-55(43-71(9,10)75(63)87-51-29-21-17-22-30-51)83-67(79)59-41-61(69(81)85-57-39-65(49(5)6)77(73(13,14)45-57)89-53-33-25-19-26-34-53)62(70(82)86-58-40-66(50(7)8)78(74(15,16)46-58)90-54-35-27-20-28-36-54)42-60(59)68(80)84-56-38-64(48(3)4)76(72(11,12)44-56)88-52-31-23-18-24-32-52/h17-36,41-42,47-50,55-58,63-66H,37-40,43-46H2,1-16H3. The van der Waals surface area contributed by atoms with Crippen molar-refractivity contribution in [1.29, 1.82) is 0 Å². The molecule has 0 N–H and O–H groups in total. The third-order valence-corrected chi connectivity index (χ3v) is 18.5. The first-order valence-corrected chi connectivity index (χ1v) is 32.6. The van der Waals surface area contributed by atoms with Crippen LogP contribution in [0, 0.1) is 23.7 Å². The molecule has 8 atom stereocenters. The van der Waals surface area contributed by atoms with E-state index in [1.54, 1.807) is 0 Å². The first kappa shape index (κ1) is 67.4. The topological polar surface area (TPSA) is 155 Å². The Hall–Kier alpha value is -6.98. The van der Waals surface area contributed by atoms with Crippen molar-refractivity contribution in [2.75, 3.05) is 0 Å². The largest absolute Gasteiger partial charge is 0.459 e. The summed E-state index contributed by atoms with van der Waals surface area (Å²) in [4.78, 5) is 88.6. The quantitative estimate of drug-likeness (QED) is 0.0535. The predicted molar refractivity (Wildman–Crippen MR) is 347 cm³/mol. The number of para-hydroxylation sites is 4. The van der Waals surface area contributed by atoms with Gasteiger partial charge in [-0.3, -0.25) is 0 Å². The van der Waals surface area contributed by atoms with Gasteiger partial charge in [0.25, 0.3) is 0 Å². The van der Waals surface area contributed by atoms with Crippen molar-refractivity contribution in [1.82, 2.24) is 20.3 Å². The molecule has 4 aliphatic heterocycles. The molecule has 0 aromatic heterocycles. The lowest BCUT2D eigenvalue weighted by atomic mass is 9.82. The highest BCUT2D eigenvalue weighted by molar-refractivity contribution is 6.10. The number of carbonyl (C=O) groups is 4. The van der Waals surface area contributed by atoms with E-state index in [1.807, 2.05) is 142 Å². The molecular weight excluding hydrogens is 1140 g/mol. The van der Waals surface area contributed by atoms with Crippen LogP contribution in [0.1, 0.15) is 204 Å². The molecule has 90 heavy (non-hydrogen) atoms. The number of nitrogens with zero attached hydrogens (tertiary/aromatic N) is 4. The van der Waals surface area contributed by atoms with Crippen molar-refractivity contribution < 1.29 is 57.5 Å². The van der Waals surface area contributed by atoms with E-state index in [2.05, 4.69) is 111 Å². The molecule has 4 heterocycles. The fourth-order valence-corrected chi connectivity index (χ4v) is 14.0. The Kier molecular flexibility index (Phi) is 20.9. The second-order valence-corrected chi connectivity index (χ2v) is 29.2. The summed E-state index contributed by atoms with van der Waals surface area (Å²) in [7, 11) is 0. The molecule has 5 aromatic rings. The van der Waals surface area contributed by atoms with Crippen molar-refractivity contribution >= 4 is 23.9 Å². The number of benzene rings is 5. The van der Waals surface area contributed by atoms with Gasteiger partial charge < -0.3 is 38.3 Å². The Morgan fingerprint density at radius 2 is 0.500 bits per heavy atom. The zero-order valence-electron chi connectivity index (χ0n) is 56.0. The van der Waals surface area contributed by atoms with Gasteiger partial charge in [-0.1, -0.05) is 128 Å². The van der Waals surface area contributed by atoms with Crippen LogP contribution in [0.15, 0.2) is 133 Å². The molecule has 4 aliphatic rings. The third-order valence-electron chi connectivity index (χ3n) is 18.5. The van der Waals surface area contributed by atoms with E-state index in [-0.39, 0.29) is 70.1 Å². The third kappa shape index (κ3) is 15.8. The molecule has 16 nitrogen and oxygen atoms in total. The molecule has 0 spiro atoms. The minimum Gasteiger partial charge on any atom is -0.459 e. The number of piperidine rings is 4. The van der Waals surface area contributed by atoms with E-state index in [0.29, 0.717) is 74.4 Å². The monoisotopic (exact) mass is 1230 g/mol. The van der Waals surface area contributed by atoms with Crippen LogP contribution in [0.3, 0.4) is 0 Å². The molecule has 4 fully saturated rings. The molecule has 0 aliphatic carbocycles. The molecule has 16 heteroatoms. The van der Waals surface area contributed by atoms with Crippen LogP contribution in [0.5, 0.6) is 23.0 Å². The Morgan fingerprint density at radius 1 is 0.322 bits per heavy atom. The summed E-state index contributed by atoms with van der Waals surface area (Å²) >= 11 is 0. The molecule has 0 radical (unpaired) electrons. The highest BCUT2D eigenvalue weighted by atomic mass is 16.7. The second kappa shape index (κ2) is 27.9.